The number of unbranched alkanes of at least 4 members (excludes halogenated alkanes) is 1. The molecule has 38 nitrogen and oxygen atoms in total. The minimum absolute atomic E-state index is 0.0826. The number of imidazole rings is 1. The fourth-order valence-electron chi connectivity index (χ4n) is 12.9. The van der Waals surface area contributed by atoms with Gasteiger partial charge >= 0.3 is 5.97 Å². The van der Waals surface area contributed by atoms with E-state index in [0.29, 0.717) is 69.7 Å². The molecule has 40 heteroatoms. The molecule has 0 bridgehead atoms. The zero-order valence-electron chi connectivity index (χ0n) is 65.1. The molecular formula is C77H99N19O19S2. The van der Waals surface area contributed by atoms with Crippen molar-refractivity contribution >= 4 is 128 Å². The number of phenolic OH excluding ortho intramolecular Hbond substituents is 2. The zero-order valence-corrected chi connectivity index (χ0v) is 66.7. The summed E-state index contributed by atoms with van der Waals surface area (Å²) in [6.07, 6.45) is 6.42. The molecule has 2 aromatic heterocycles. The summed E-state index contributed by atoms with van der Waals surface area (Å²) in [7, 11) is 0. The molecule has 8 rings (SSSR count). The van der Waals surface area contributed by atoms with Crippen molar-refractivity contribution in [1.29, 1.82) is 0 Å². The van der Waals surface area contributed by atoms with Crippen molar-refractivity contribution in [3.63, 3.8) is 0 Å². The van der Waals surface area contributed by atoms with Gasteiger partial charge in [-0.3, -0.25) is 62.3 Å². The van der Waals surface area contributed by atoms with Crippen LogP contribution in [0, 0.1) is 11.8 Å². The van der Waals surface area contributed by atoms with Crippen LogP contribution in [0.1, 0.15) is 118 Å². The second-order valence-corrected chi connectivity index (χ2v) is 30.2. The molecule has 0 radical (unpaired) electrons. The number of thiocarbonyl (C=S) groups is 1. The van der Waals surface area contributed by atoms with E-state index in [4.69, 9.17) is 38.9 Å². The maximum absolute atomic E-state index is 14.4. The van der Waals surface area contributed by atoms with Crippen molar-refractivity contribution < 1.29 is 91.9 Å². The lowest BCUT2D eigenvalue weighted by molar-refractivity contribution is -0.135. The van der Waals surface area contributed by atoms with E-state index in [1.807, 2.05) is 20.1 Å². The summed E-state index contributed by atoms with van der Waals surface area (Å²) in [5, 5.41) is 64.9. The van der Waals surface area contributed by atoms with Crippen LogP contribution < -0.4 is 91.1 Å². The third-order valence-electron chi connectivity index (χ3n) is 19.0. The SMILES string of the molecule is CSCCC(NC(=O)C(CC(C)C)NC(=O)C(Cc1cnc[nH]1)NC(=O)CNC(=O)C(NC(=O)C(C)NC(=O)C(Cc1c[nH]c2ccccc12)NC(=O)C(CCC(N)=O)NC(=O)CNC(=O)C(CO)NC(=O)CNC(=O)C(N)CCCCNC(=S)Nc1ccc2c(c1)C(=O)OC21c2ccc(O)cc2Oc2cc(O)ccc21)C(C)C)C(N)=O. The molecule has 9 atom stereocenters. The largest absolute Gasteiger partial charge is 0.508 e. The fraction of sp³-hybridized carbons (Fsp3) is 0.429. The van der Waals surface area contributed by atoms with Gasteiger partial charge in [-0.25, -0.2) is 9.78 Å². The predicted molar refractivity (Wildman–Crippen MR) is 431 cm³/mol. The predicted octanol–water partition coefficient (Wildman–Crippen LogP) is -1.42. The fourth-order valence-corrected chi connectivity index (χ4v) is 13.6. The van der Waals surface area contributed by atoms with Gasteiger partial charge in [0, 0.05) is 89.3 Å². The first-order chi connectivity index (χ1) is 55.7. The average molecular weight is 1660 g/mol. The maximum atomic E-state index is 14.4. The lowest BCUT2D eigenvalue weighted by atomic mass is 9.77. The minimum atomic E-state index is -1.66. The number of aromatic nitrogens is 3. The number of fused-ring (bicyclic) bond motifs is 7. The first kappa shape index (κ1) is 90.1. The number of anilines is 1. The monoisotopic (exact) mass is 1660 g/mol. The number of phenols is 2. The molecule has 24 N–H and O–H groups in total. The van der Waals surface area contributed by atoms with E-state index < -0.39 is 188 Å². The summed E-state index contributed by atoms with van der Waals surface area (Å²) in [6.45, 7) is 5.25. The van der Waals surface area contributed by atoms with E-state index in [1.165, 1.54) is 55.5 Å². The number of aliphatic hydroxyl groups excluding tert-OH is 1. The number of hydrogen-bond donors (Lipinski definition) is 21. The van der Waals surface area contributed by atoms with Crippen LogP contribution in [0.2, 0.25) is 0 Å². The van der Waals surface area contributed by atoms with Crippen molar-refractivity contribution in [3.05, 3.63) is 131 Å². The number of ether oxygens (including phenoxy) is 2. The highest BCUT2D eigenvalue weighted by Gasteiger charge is 2.54. The number of nitrogens with two attached hydrogens (primary N) is 3. The van der Waals surface area contributed by atoms with Crippen molar-refractivity contribution in [3.8, 4) is 23.0 Å². The molecule has 1 spiro atoms. The molecule has 0 fully saturated rings. The molecule has 117 heavy (non-hydrogen) atoms. The van der Waals surface area contributed by atoms with Crippen LogP contribution >= 0.6 is 24.0 Å². The van der Waals surface area contributed by atoms with Crippen molar-refractivity contribution in [2.75, 3.05) is 50.1 Å². The lowest BCUT2D eigenvalue weighted by Crippen LogP contribution is -2.59. The number of aromatic hydroxyl groups is 2. The zero-order chi connectivity index (χ0) is 85.4. The Labute approximate surface area is 681 Å². The van der Waals surface area contributed by atoms with Gasteiger partial charge < -0.3 is 121 Å². The molecule has 9 unspecified atom stereocenters. The van der Waals surface area contributed by atoms with Crippen LogP contribution in [0.3, 0.4) is 0 Å². The first-order valence-electron chi connectivity index (χ1n) is 37.6. The molecule has 4 aromatic carbocycles. The second kappa shape index (κ2) is 42.3. The number of rotatable bonds is 43. The Kier molecular flexibility index (Phi) is 32.5. The normalized spacial score (nSPS) is 14.5. The molecule has 0 aliphatic carbocycles. The average Bonchev–Trinajstić information content (AvgIpc) is 1.54. The summed E-state index contributed by atoms with van der Waals surface area (Å²) in [5.74, 6) is -11.9. The third-order valence-corrected chi connectivity index (χ3v) is 19.9. The van der Waals surface area contributed by atoms with E-state index in [1.54, 1.807) is 74.6 Å². The topological polar surface area (TPSA) is 597 Å². The molecule has 2 aliphatic heterocycles. The standard InChI is InChI=1S/C77H99N19O19S2/c1-38(2)25-55(72(110)93-53(66(80)104)22-24-117-6)94-73(111)57(28-43-32-81-37-87-43)91-63(102)35-86-74(112)65(39(3)4)96-67(105)40(5)88-71(109)56(26-41-31-83-52-13-8-7-11-46(41)52)95-70(108)54(20-21-61(79)100)90-62(101)34-85-69(107)58(36-97)92-64(103)33-84-68(106)51(78)12-9-10-23-82-76(116)89-42-14-17-48-47(27-42)75(113)115-77(48)49-18-15-44(98)29-59(49)114-60-30-45(99)16-19-50(60)77/h7-8,11,13-19,27,29-32,37-40,51,53-58,65,83,97-99H,9-10,12,20-26,28,33-36,78H2,1-6H3,(H2,79,100)(H2,80,104)(H,81,87)(H,84,106)(H,85,107)(H,86,112)(H,88,109)(H,90,101)(H,91,102)(H,92,103)(H,93,110)(H,94,111)(H,95,108)(H,96,105)(H2,82,89,116). The van der Waals surface area contributed by atoms with Gasteiger partial charge in [0.25, 0.3) is 0 Å². The first-order valence-corrected chi connectivity index (χ1v) is 39.4. The Morgan fingerprint density at radius 2 is 1.18 bits per heavy atom. The number of carbonyl (C=O) groups excluding carboxylic acids is 14. The smallest absolute Gasteiger partial charge is 0.340 e. The van der Waals surface area contributed by atoms with E-state index in [9.17, 15) is 82.4 Å². The molecule has 0 saturated heterocycles. The van der Waals surface area contributed by atoms with Gasteiger partial charge in [-0.15, -0.1) is 0 Å². The van der Waals surface area contributed by atoms with Crippen molar-refractivity contribution in [2.45, 2.75) is 152 Å². The molecule has 628 valence electrons. The van der Waals surface area contributed by atoms with Crippen LogP contribution in [0.25, 0.3) is 10.9 Å². The number of hydrogen-bond acceptors (Lipinski definition) is 23. The highest BCUT2D eigenvalue weighted by molar-refractivity contribution is 7.98. The van der Waals surface area contributed by atoms with Crippen LogP contribution in [0.15, 0.2) is 97.6 Å². The number of amides is 13. The Balaban J connectivity index is 0.789. The Bertz CT molecular complexity index is 4600. The van der Waals surface area contributed by atoms with E-state index in [2.05, 4.69) is 84.1 Å². The van der Waals surface area contributed by atoms with Gasteiger partial charge in [0.2, 0.25) is 76.8 Å². The van der Waals surface area contributed by atoms with Crippen LogP contribution in [-0.2, 0) is 85.5 Å². The molecule has 4 heterocycles. The van der Waals surface area contributed by atoms with Gasteiger partial charge in [0.05, 0.1) is 44.2 Å². The van der Waals surface area contributed by atoms with Crippen LogP contribution in [0.5, 0.6) is 23.0 Å². The van der Waals surface area contributed by atoms with E-state index >= 15 is 0 Å². The number of H-pyrrole nitrogens is 2. The number of nitrogens with zero attached hydrogens (tertiary/aromatic N) is 1. The Morgan fingerprint density at radius 3 is 1.79 bits per heavy atom. The number of aliphatic hydroxyl groups is 1. The minimum Gasteiger partial charge on any atom is -0.508 e. The van der Waals surface area contributed by atoms with Crippen LogP contribution in [-0.4, -0.2) is 217 Å². The Morgan fingerprint density at radius 1 is 0.598 bits per heavy atom. The number of para-hydroxylation sites is 1. The second-order valence-electron chi connectivity index (χ2n) is 28.8. The highest BCUT2D eigenvalue weighted by atomic mass is 32.2. The van der Waals surface area contributed by atoms with Gasteiger partial charge in [-0.2, -0.15) is 11.8 Å². The van der Waals surface area contributed by atoms with Gasteiger partial charge in [0.15, 0.2) is 10.7 Å². The molecular weight excluding hydrogens is 1560 g/mol. The number of aromatic amines is 2. The van der Waals surface area contributed by atoms with E-state index in [0.717, 1.165) is 0 Å². The van der Waals surface area contributed by atoms with Gasteiger partial charge in [-0.1, -0.05) is 52.0 Å². The quantitative estimate of drug-likeness (QED) is 0.0119. The van der Waals surface area contributed by atoms with Crippen LogP contribution in [0.4, 0.5) is 5.69 Å². The maximum Gasteiger partial charge on any atom is 0.340 e. The Hall–Kier alpha value is -12.4. The highest BCUT2D eigenvalue weighted by Crippen LogP contribution is 2.57. The third kappa shape index (κ3) is 25.0. The number of primary amides is 2. The number of thioether (sulfide) groups is 1. The molecule has 2 aliphatic rings. The molecule has 13 amide bonds. The number of carbonyl (C=O) groups is 14. The lowest BCUT2D eigenvalue weighted by Gasteiger charge is -2.36. The summed E-state index contributed by atoms with van der Waals surface area (Å²) in [4.78, 5) is 198. The summed E-state index contributed by atoms with van der Waals surface area (Å²) < 4.78 is 12.2. The van der Waals surface area contributed by atoms with Crippen molar-refractivity contribution in [2.24, 2.45) is 29.0 Å². The molecule has 6 aromatic rings. The van der Waals surface area contributed by atoms with Gasteiger partial charge in [0.1, 0.15) is 71.3 Å². The summed E-state index contributed by atoms with van der Waals surface area (Å²) >= 11 is 6.96. The van der Waals surface area contributed by atoms with Gasteiger partial charge in [-0.05, 0) is 130 Å². The number of esters is 1. The number of nitrogens with one attached hydrogen (secondary N) is 15. The molecule has 0 saturated carbocycles. The summed E-state index contributed by atoms with van der Waals surface area (Å²) in [5.41, 5.74) is 19.4. The summed E-state index contributed by atoms with van der Waals surface area (Å²) in [6, 6.07) is 8.79. The van der Waals surface area contributed by atoms with Crippen molar-refractivity contribution in [1.82, 2.24) is 78.8 Å². The number of benzene rings is 4. The van der Waals surface area contributed by atoms with E-state index in [-0.39, 0.29) is 71.7 Å².